The Morgan fingerprint density at radius 1 is 1.37 bits per heavy atom. The maximum atomic E-state index is 9.34. The molecule has 4 heteroatoms. The number of benzene rings is 1. The fourth-order valence-corrected chi connectivity index (χ4v) is 2.66. The van der Waals surface area contributed by atoms with Crippen LogP contribution >= 0.6 is 0 Å². The number of phenols is 1. The van der Waals surface area contributed by atoms with Crippen LogP contribution in [0.1, 0.15) is 13.3 Å². The van der Waals surface area contributed by atoms with Crippen molar-refractivity contribution >= 4 is 5.69 Å². The van der Waals surface area contributed by atoms with Crippen LogP contribution < -0.4 is 10.2 Å². The molecule has 1 aromatic carbocycles. The van der Waals surface area contributed by atoms with E-state index in [-0.39, 0.29) is 5.41 Å². The zero-order valence-corrected chi connectivity index (χ0v) is 11.9. The summed E-state index contributed by atoms with van der Waals surface area (Å²) in [5.74, 6) is 0.309. The second-order valence-corrected chi connectivity index (χ2v) is 5.46. The first-order valence-electron chi connectivity index (χ1n) is 6.94. The minimum atomic E-state index is 0.197. The number of hydrogen-bond acceptors (Lipinski definition) is 4. The van der Waals surface area contributed by atoms with E-state index in [1.165, 1.54) is 0 Å². The molecule has 0 spiro atoms. The van der Waals surface area contributed by atoms with E-state index in [4.69, 9.17) is 4.74 Å². The first kappa shape index (κ1) is 14.2. The lowest BCUT2D eigenvalue weighted by atomic mass is 9.86. The minimum absolute atomic E-state index is 0.197. The van der Waals surface area contributed by atoms with Crippen LogP contribution in [0, 0.1) is 5.41 Å². The third kappa shape index (κ3) is 3.61. The third-order valence-electron chi connectivity index (χ3n) is 3.80. The average molecular weight is 264 g/mol. The lowest BCUT2D eigenvalue weighted by molar-refractivity contribution is 0.153. The van der Waals surface area contributed by atoms with Crippen LogP contribution in [0.15, 0.2) is 24.3 Å². The monoisotopic (exact) mass is 264 g/mol. The average Bonchev–Trinajstić information content (AvgIpc) is 2.86. The predicted molar refractivity (Wildman–Crippen MR) is 77.8 cm³/mol. The molecule has 1 atom stereocenters. The molecule has 19 heavy (non-hydrogen) atoms. The predicted octanol–water partition coefficient (Wildman–Crippen LogP) is 1.84. The van der Waals surface area contributed by atoms with E-state index in [1.807, 2.05) is 12.1 Å². The van der Waals surface area contributed by atoms with Gasteiger partial charge >= 0.3 is 0 Å². The number of ether oxygens (including phenoxy) is 1. The van der Waals surface area contributed by atoms with Gasteiger partial charge in [0.2, 0.25) is 0 Å². The number of nitrogens with zero attached hydrogens (tertiary/aromatic N) is 1. The summed E-state index contributed by atoms with van der Waals surface area (Å²) in [6, 6.07) is 7.36. The summed E-state index contributed by atoms with van der Waals surface area (Å²) in [6.45, 7) is 6.76. The Kier molecular flexibility index (Phi) is 4.66. The third-order valence-corrected chi connectivity index (χ3v) is 3.80. The minimum Gasteiger partial charge on any atom is -0.508 e. The van der Waals surface area contributed by atoms with Crippen molar-refractivity contribution in [2.24, 2.45) is 5.41 Å². The second kappa shape index (κ2) is 6.26. The van der Waals surface area contributed by atoms with E-state index in [9.17, 15) is 5.11 Å². The first-order chi connectivity index (χ1) is 9.15. The van der Waals surface area contributed by atoms with Gasteiger partial charge in [0, 0.05) is 37.8 Å². The van der Waals surface area contributed by atoms with Gasteiger partial charge in [-0.3, -0.25) is 0 Å². The highest BCUT2D eigenvalue weighted by atomic mass is 16.5. The van der Waals surface area contributed by atoms with E-state index >= 15 is 0 Å². The number of phenolic OH excluding ortho intramolecular Hbond substituents is 1. The van der Waals surface area contributed by atoms with Crippen LogP contribution in [0.25, 0.3) is 0 Å². The molecule has 1 aliphatic rings. The highest BCUT2D eigenvalue weighted by Crippen LogP contribution is 2.30. The van der Waals surface area contributed by atoms with Crippen molar-refractivity contribution < 1.29 is 9.84 Å². The Bertz CT molecular complexity index is 386. The molecule has 2 N–H and O–H groups in total. The molecule has 1 heterocycles. The van der Waals surface area contributed by atoms with Gasteiger partial charge in [0.25, 0.3) is 0 Å². The molecule has 0 bridgehead atoms. The molecule has 0 amide bonds. The van der Waals surface area contributed by atoms with Crippen molar-refractivity contribution in [1.82, 2.24) is 5.32 Å². The fraction of sp³-hybridized carbons (Fsp3) is 0.600. The van der Waals surface area contributed by atoms with Crippen molar-refractivity contribution in [3.8, 4) is 5.75 Å². The Labute approximate surface area is 115 Å². The van der Waals surface area contributed by atoms with Crippen LogP contribution in [0.3, 0.4) is 0 Å². The van der Waals surface area contributed by atoms with Crippen LogP contribution in [0.4, 0.5) is 5.69 Å². The summed E-state index contributed by atoms with van der Waals surface area (Å²) >= 11 is 0. The fourth-order valence-electron chi connectivity index (χ4n) is 2.66. The van der Waals surface area contributed by atoms with Crippen LogP contribution in [0.5, 0.6) is 5.75 Å². The molecule has 1 fully saturated rings. The molecule has 1 saturated heterocycles. The summed E-state index contributed by atoms with van der Waals surface area (Å²) in [5, 5.41) is 12.8. The Balaban J connectivity index is 2.02. The maximum absolute atomic E-state index is 9.34. The van der Waals surface area contributed by atoms with Gasteiger partial charge in [0.1, 0.15) is 5.75 Å². The van der Waals surface area contributed by atoms with E-state index < -0.39 is 0 Å². The van der Waals surface area contributed by atoms with Crippen molar-refractivity contribution in [3.05, 3.63) is 24.3 Å². The van der Waals surface area contributed by atoms with Gasteiger partial charge < -0.3 is 20.1 Å². The molecule has 2 rings (SSSR count). The molecule has 0 radical (unpaired) electrons. The largest absolute Gasteiger partial charge is 0.508 e. The number of aromatic hydroxyl groups is 1. The second-order valence-electron chi connectivity index (χ2n) is 5.46. The lowest BCUT2D eigenvalue weighted by Crippen LogP contribution is -2.43. The smallest absolute Gasteiger partial charge is 0.115 e. The molecule has 1 aromatic rings. The van der Waals surface area contributed by atoms with Gasteiger partial charge in [-0.25, -0.2) is 0 Å². The van der Waals surface area contributed by atoms with Crippen molar-refractivity contribution in [2.45, 2.75) is 13.3 Å². The molecule has 0 saturated carbocycles. The van der Waals surface area contributed by atoms with Gasteiger partial charge in [0.05, 0.1) is 6.61 Å². The molecule has 106 valence electrons. The van der Waals surface area contributed by atoms with E-state index in [0.29, 0.717) is 5.75 Å². The molecular weight excluding hydrogens is 240 g/mol. The molecule has 1 aliphatic heterocycles. The van der Waals surface area contributed by atoms with Gasteiger partial charge in [-0.2, -0.15) is 0 Å². The Morgan fingerprint density at radius 3 is 2.68 bits per heavy atom. The van der Waals surface area contributed by atoms with Gasteiger partial charge in [-0.1, -0.05) is 6.92 Å². The van der Waals surface area contributed by atoms with E-state index in [0.717, 1.165) is 45.0 Å². The normalized spacial score (nSPS) is 22.6. The quantitative estimate of drug-likeness (QED) is 0.823. The molecule has 1 unspecified atom stereocenters. The van der Waals surface area contributed by atoms with Gasteiger partial charge in [-0.05, 0) is 37.2 Å². The first-order valence-corrected chi connectivity index (χ1v) is 6.94. The Morgan fingerprint density at radius 2 is 2.11 bits per heavy atom. The number of rotatable bonds is 6. The van der Waals surface area contributed by atoms with Gasteiger partial charge in [-0.15, -0.1) is 0 Å². The van der Waals surface area contributed by atoms with Crippen LogP contribution in [-0.2, 0) is 4.74 Å². The number of nitrogens with one attached hydrogen (secondary N) is 1. The van der Waals surface area contributed by atoms with Crippen molar-refractivity contribution in [3.63, 3.8) is 0 Å². The van der Waals surface area contributed by atoms with Crippen LogP contribution in [0.2, 0.25) is 0 Å². The van der Waals surface area contributed by atoms with Crippen LogP contribution in [-0.4, -0.2) is 45.0 Å². The van der Waals surface area contributed by atoms with Crippen molar-refractivity contribution in [1.29, 1.82) is 0 Å². The summed E-state index contributed by atoms with van der Waals surface area (Å²) in [6.07, 6.45) is 1.10. The molecule has 4 nitrogen and oxygen atoms in total. The zero-order chi connectivity index (χ0) is 13.7. The molecule has 0 aliphatic carbocycles. The van der Waals surface area contributed by atoms with E-state index in [2.05, 4.69) is 24.2 Å². The topological polar surface area (TPSA) is 44.7 Å². The van der Waals surface area contributed by atoms with Crippen molar-refractivity contribution in [2.75, 3.05) is 44.8 Å². The number of hydrogen-bond donors (Lipinski definition) is 2. The highest BCUT2D eigenvalue weighted by Gasteiger charge is 2.35. The maximum Gasteiger partial charge on any atom is 0.115 e. The highest BCUT2D eigenvalue weighted by molar-refractivity contribution is 5.48. The SMILES string of the molecule is CCNCC1(CN(C)c2ccc(O)cc2)CCOC1. The lowest BCUT2D eigenvalue weighted by Gasteiger charge is -2.33. The number of anilines is 1. The summed E-state index contributed by atoms with van der Waals surface area (Å²) in [7, 11) is 2.10. The molecule has 0 aromatic heterocycles. The molecular formula is C15H24N2O2. The summed E-state index contributed by atoms with van der Waals surface area (Å²) in [5.41, 5.74) is 1.32. The standard InChI is InChI=1S/C15H24N2O2/c1-3-16-10-15(8-9-19-12-15)11-17(2)13-4-6-14(18)7-5-13/h4-7,16,18H,3,8-12H2,1-2H3. The van der Waals surface area contributed by atoms with Gasteiger partial charge in [0.15, 0.2) is 0 Å². The summed E-state index contributed by atoms with van der Waals surface area (Å²) < 4.78 is 5.61. The van der Waals surface area contributed by atoms with E-state index in [1.54, 1.807) is 12.1 Å². The summed E-state index contributed by atoms with van der Waals surface area (Å²) in [4.78, 5) is 2.24. The Hall–Kier alpha value is -1.26. The zero-order valence-electron chi connectivity index (χ0n) is 11.9.